The normalized spacial score (nSPS) is 28.8. The van der Waals surface area contributed by atoms with Crippen molar-refractivity contribution in [3.63, 3.8) is 0 Å². The maximum atomic E-state index is 4.58. The first-order valence-electron chi connectivity index (χ1n) is 9.39. The van der Waals surface area contributed by atoms with E-state index >= 15 is 0 Å². The molecule has 2 fully saturated rings. The van der Waals surface area contributed by atoms with E-state index in [0.717, 1.165) is 36.8 Å². The number of rotatable bonds is 3. The van der Waals surface area contributed by atoms with Gasteiger partial charge < -0.3 is 4.90 Å². The summed E-state index contributed by atoms with van der Waals surface area (Å²) in [6.45, 7) is 9.09. The largest absolute Gasteiger partial charge is 0.355 e. The van der Waals surface area contributed by atoms with E-state index in [9.17, 15) is 0 Å². The van der Waals surface area contributed by atoms with Gasteiger partial charge >= 0.3 is 0 Å². The van der Waals surface area contributed by atoms with E-state index in [1.807, 2.05) is 4.52 Å². The first-order chi connectivity index (χ1) is 11.7. The van der Waals surface area contributed by atoms with Gasteiger partial charge in [-0.15, -0.1) is 0 Å². The van der Waals surface area contributed by atoms with Crippen LogP contribution >= 0.6 is 0 Å². The first-order valence-corrected chi connectivity index (χ1v) is 9.39. The fourth-order valence-electron chi connectivity index (χ4n) is 4.59. The molecule has 0 aliphatic carbocycles. The van der Waals surface area contributed by atoms with Crippen LogP contribution in [0.2, 0.25) is 0 Å². The van der Waals surface area contributed by atoms with Crippen LogP contribution in [-0.4, -0.2) is 55.7 Å². The molecule has 0 saturated carbocycles. The number of aromatic nitrogens is 4. The van der Waals surface area contributed by atoms with Crippen molar-refractivity contribution >= 4 is 11.6 Å². The molecule has 2 aliphatic heterocycles. The molecule has 2 saturated heterocycles. The summed E-state index contributed by atoms with van der Waals surface area (Å²) in [6, 6.07) is 4.25. The third-order valence-electron chi connectivity index (χ3n) is 5.81. The van der Waals surface area contributed by atoms with E-state index in [1.54, 1.807) is 6.33 Å². The number of fused-ring (bicyclic) bond motifs is 1. The molecular weight excluding hydrogens is 300 g/mol. The smallest absolute Gasteiger partial charge is 0.254 e. The third-order valence-corrected chi connectivity index (χ3v) is 5.81. The predicted molar refractivity (Wildman–Crippen MR) is 95.4 cm³/mol. The van der Waals surface area contributed by atoms with Crippen molar-refractivity contribution in [1.82, 2.24) is 24.5 Å². The average molecular weight is 328 g/mol. The molecule has 4 rings (SSSR count). The summed E-state index contributed by atoms with van der Waals surface area (Å²) in [6.07, 6.45) is 7.74. The second-order valence-electron chi connectivity index (χ2n) is 7.40. The van der Waals surface area contributed by atoms with Gasteiger partial charge in [-0.3, -0.25) is 4.90 Å². The molecule has 3 atom stereocenters. The Bertz CT molecular complexity index is 701. The molecule has 4 heterocycles. The third kappa shape index (κ3) is 2.66. The minimum Gasteiger partial charge on any atom is -0.355 e. The van der Waals surface area contributed by atoms with Crippen molar-refractivity contribution < 1.29 is 0 Å². The van der Waals surface area contributed by atoms with Gasteiger partial charge in [-0.25, -0.2) is 4.98 Å². The first kappa shape index (κ1) is 15.8. The van der Waals surface area contributed by atoms with Crippen molar-refractivity contribution in [2.24, 2.45) is 0 Å². The molecule has 24 heavy (non-hydrogen) atoms. The molecule has 6 heteroatoms. The molecule has 0 spiro atoms. The molecule has 0 bridgehead atoms. The van der Waals surface area contributed by atoms with Crippen LogP contribution in [0.25, 0.3) is 5.78 Å². The van der Waals surface area contributed by atoms with Crippen molar-refractivity contribution in [2.45, 2.75) is 71.0 Å². The fraction of sp³-hybridized carbons (Fsp3) is 0.722. The molecule has 0 radical (unpaired) electrons. The summed E-state index contributed by atoms with van der Waals surface area (Å²) in [5.74, 6) is 1.87. The van der Waals surface area contributed by atoms with Gasteiger partial charge in [-0.05, 0) is 46.0 Å². The van der Waals surface area contributed by atoms with Crippen molar-refractivity contribution in [2.75, 3.05) is 18.0 Å². The zero-order valence-electron chi connectivity index (χ0n) is 15.0. The zero-order valence-corrected chi connectivity index (χ0v) is 15.0. The summed E-state index contributed by atoms with van der Waals surface area (Å²) in [7, 11) is 0. The van der Waals surface area contributed by atoms with Crippen LogP contribution in [0.3, 0.4) is 0 Å². The number of likely N-dealkylation sites (tertiary alicyclic amines) is 1. The van der Waals surface area contributed by atoms with Gasteiger partial charge in [0.25, 0.3) is 5.78 Å². The number of anilines is 1. The lowest BCUT2D eigenvalue weighted by Crippen LogP contribution is -2.51. The number of aryl methyl sites for hydroxylation is 1. The highest BCUT2D eigenvalue weighted by molar-refractivity contribution is 5.48. The molecule has 2 aromatic rings. The van der Waals surface area contributed by atoms with Gasteiger partial charge in [0.2, 0.25) is 0 Å². The van der Waals surface area contributed by atoms with Gasteiger partial charge in [-0.2, -0.15) is 14.6 Å². The van der Waals surface area contributed by atoms with Crippen LogP contribution in [0, 0.1) is 0 Å². The SMILES string of the molecule is CCc1cc(N2CCC[C@H](N3[C@@H](C)CC[C@@H]3C)C2)n2ncnc2n1. The maximum absolute atomic E-state index is 4.58. The van der Waals surface area contributed by atoms with E-state index < -0.39 is 0 Å². The average Bonchev–Trinajstić information content (AvgIpc) is 3.20. The number of nitrogens with zero attached hydrogens (tertiary/aromatic N) is 6. The minimum absolute atomic E-state index is 0.642. The second kappa shape index (κ2) is 6.31. The lowest BCUT2D eigenvalue weighted by molar-refractivity contribution is 0.129. The van der Waals surface area contributed by atoms with E-state index in [1.165, 1.54) is 25.7 Å². The predicted octanol–water partition coefficient (Wildman–Crippen LogP) is 2.53. The van der Waals surface area contributed by atoms with Gasteiger partial charge in [0, 0.05) is 43.0 Å². The number of piperidine rings is 1. The molecule has 2 aliphatic rings. The Hall–Kier alpha value is -1.69. The summed E-state index contributed by atoms with van der Waals surface area (Å²) in [5, 5.41) is 4.41. The van der Waals surface area contributed by atoms with Crippen LogP contribution in [0.1, 0.15) is 52.1 Å². The summed E-state index contributed by atoms with van der Waals surface area (Å²) < 4.78 is 1.90. The van der Waals surface area contributed by atoms with E-state index in [2.05, 4.69) is 51.7 Å². The number of hydrogen-bond acceptors (Lipinski definition) is 5. The van der Waals surface area contributed by atoms with Gasteiger partial charge in [0.15, 0.2) is 0 Å². The van der Waals surface area contributed by atoms with Gasteiger partial charge in [0.05, 0.1) is 0 Å². The minimum atomic E-state index is 0.642. The van der Waals surface area contributed by atoms with Crippen LogP contribution < -0.4 is 4.90 Å². The summed E-state index contributed by atoms with van der Waals surface area (Å²) in [4.78, 5) is 14.1. The Labute approximate surface area is 143 Å². The van der Waals surface area contributed by atoms with Crippen LogP contribution in [0.4, 0.5) is 5.82 Å². The quantitative estimate of drug-likeness (QED) is 0.866. The Morgan fingerprint density at radius 2 is 1.96 bits per heavy atom. The Morgan fingerprint density at radius 3 is 2.71 bits per heavy atom. The number of hydrogen-bond donors (Lipinski definition) is 0. The molecule has 0 amide bonds. The Morgan fingerprint density at radius 1 is 1.17 bits per heavy atom. The Balaban J connectivity index is 1.63. The summed E-state index contributed by atoms with van der Waals surface area (Å²) >= 11 is 0. The van der Waals surface area contributed by atoms with Crippen molar-refractivity contribution in [3.05, 3.63) is 18.1 Å². The molecule has 130 valence electrons. The fourth-order valence-corrected chi connectivity index (χ4v) is 4.59. The monoisotopic (exact) mass is 328 g/mol. The molecule has 0 unspecified atom stereocenters. The molecule has 6 nitrogen and oxygen atoms in total. The highest BCUT2D eigenvalue weighted by Gasteiger charge is 2.35. The molecule has 0 N–H and O–H groups in total. The van der Waals surface area contributed by atoms with Gasteiger partial charge in [-0.1, -0.05) is 6.92 Å². The van der Waals surface area contributed by atoms with Gasteiger partial charge in [0.1, 0.15) is 12.1 Å². The van der Waals surface area contributed by atoms with E-state index in [4.69, 9.17) is 0 Å². The summed E-state index contributed by atoms with van der Waals surface area (Å²) in [5.41, 5.74) is 1.09. The van der Waals surface area contributed by atoms with E-state index in [0.29, 0.717) is 18.1 Å². The molecular formula is C18H28N6. The Kier molecular flexibility index (Phi) is 4.16. The van der Waals surface area contributed by atoms with Crippen LogP contribution in [0.15, 0.2) is 12.4 Å². The topological polar surface area (TPSA) is 49.6 Å². The van der Waals surface area contributed by atoms with Crippen molar-refractivity contribution in [1.29, 1.82) is 0 Å². The standard InChI is InChI=1S/C18H28N6/c1-4-15-10-17(24-18(21-15)19-12-20-24)22-9-5-6-16(11-22)23-13(2)7-8-14(23)3/h10,12-14,16H,4-9,11H2,1-3H3/t13-,14-,16-/m0/s1. The zero-order chi connectivity index (χ0) is 16.7. The highest BCUT2D eigenvalue weighted by Crippen LogP contribution is 2.31. The molecule has 0 aromatic carbocycles. The highest BCUT2D eigenvalue weighted by atomic mass is 15.4. The second-order valence-corrected chi connectivity index (χ2v) is 7.40. The van der Waals surface area contributed by atoms with Crippen LogP contribution in [-0.2, 0) is 6.42 Å². The van der Waals surface area contributed by atoms with Crippen molar-refractivity contribution in [3.8, 4) is 0 Å². The lowest BCUT2D eigenvalue weighted by atomic mass is 10.0. The van der Waals surface area contributed by atoms with E-state index in [-0.39, 0.29) is 0 Å². The van der Waals surface area contributed by atoms with Crippen LogP contribution in [0.5, 0.6) is 0 Å². The lowest BCUT2D eigenvalue weighted by Gasteiger charge is -2.42. The molecule has 2 aromatic heterocycles. The maximum Gasteiger partial charge on any atom is 0.254 e.